The SMILES string of the molecule is COc1cccc(CN(C)[C@H](C)C(=O)NC(=O)NC2CCCCC2)c1. The molecule has 25 heavy (non-hydrogen) atoms. The molecule has 0 radical (unpaired) electrons. The van der Waals surface area contributed by atoms with E-state index in [-0.39, 0.29) is 11.9 Å². The lowest BCUT2D eigenvalue weighted by molar-refractivity contribution is -0.124. The molecular formula is C19H29N3O3. The molecule has 0 aromatic heterocycles. The number of rotatable bonds is 6. The molecule has 0 saturated heterocycles. The van der Waals surface area contributed by atoms with Crippen LogP contribution in [0.5, 0.6) is 5.75 Å². The van der Waals surface area contributed by atoms with Crippen molar-refractivity contribution in [2.24, 2.45) is 0 Å². The third kappa shape index (κ3) is 6.05. The number of benzene rings is 1. The van der Waals surface area contributed by atoms with Gasteiger partial charge in [0.2, 0.25) is 5.91 Å². The van der Waals surface area contributed by atoms with Crippen LogP contribution in [0.4, 0.5) is 4.79 Å². The molecule has 3 amide bonds. The maximum absolute atomic E-state index is 12.3. The lowest BCUT2D eigenvalue weighted by Gasteiger charge is -2.25. The zero-order valence-electron chi connectivity index (χ0n) is 15.4. The first-order chi connectivity index (χ1) is 12.0. The van der Waals surface area contributed by atoms with Crippen LogP contribution in [0.15, 0.2) is 24.3 Å². The zero-order valence-corrected chi connectivity index (χ0v) is 15.4. The third-order valence-electron chi connectivity index (χ3n) is 4.78. The van der Waals surface area contributed by atoms with E-state index in [9.17, 15) is 9.59 Å². The van der Waals surface area contributed by atoms with Crippen LogP contribution in [0.2, 0.25) is 0 Å². The van der Waals surface area contributed by atoms with Gasteiger partial charge in [0, 0.05) is 12.6 Å². The molecule has 1 aromatic carbocycles. The number of nitrogens with zero attached hydrogens (tertiary/aromatic N) is 1. The lowest BCUT2D eigenvalue weighted by atomic mass is 9.96. The molecule has 6 nitrogen and oxygen atoms in total. The van der Waals surface area contributed by atoms with E-state index < -0.39 is 12.1 Å². The molecule has 1 aromatic rings. The Morgan fingerprint density at radius 2 is 2.00 bits per heavy atom. The van der Waals surface area contributed by atoms with E-state index in [4.69, 9.17) is 4.74 Å². The topological polar surface area (TPSA) is 70.7 Å². The molecule has 0 bridgehead atoms. The third-order valence-corrected chi connectivity index (χ3v) is 4.78. The molecule has 1 fully saturated rings. The average molecular weight is 347 g/mol. The van der Waals surface area contributed by atoms with E-state index in [2.05, 4.69) is 10.6 Å². The lowest BCUT2D eigenvalue weighted by Crippen LogP contribution is -2.50. The van der Waals surface area contributed by atoms with Crippen molar-refractivity contribution >= 4 is 11.9 Å². The van der Waals surface area contributed by atoms with Crippen LogP contribution < -0.4 is 15.4 Å². The molecular weight excluding hydrogens is 318 g/mol. The van der Waals surface area contributed by atoms with Gasteiger partial charge in [0.15, 0.2) is 0 Å². The van der Waals surface area contributed by atoms with E-state index in [0.717, 1.165) is 37.0 Å². The highest BCUT2D eigenvalue weighted by Crippen LogP contribution is 2.17. The maximum Gasteiger partial charge on any atom is 0.321 e. The van der Waals surface area contributed by atoms with Crippen molar-refractivity contribution in [3.8, 4) is 5.75 Å². The smallest absolute Gasteiger partial charge is 0.321 e. The summed E-state index contributed by atoms with van der Waals surface area (Å²) in [6.07, 6.45) is 5.49. The minimum Gasteiger partial charge on any atom is -0.497 e. The van der Waals surface area contributed by atoms with Gasteiger partial charge in [-0.1, -0.05) is 31.4 Å². The average Bonchev–Trinajstić information content (AvgIpc) is 2.61. The predicted molar refractivity (Wildman–Crippen MR) is 97.5 cm³/mol. The number of carbonyl (C=O) groups excluding carboxylic acids is 2. The van der Waals surface area contributed by atoms with Gasteiger partial charge in [-0.3, -0.25) is 15.0 Å². The predicted octanol–water partition coefficient (Wildman–Crippen LogP) is 2.67. The Labute approximate surface area is 149 Å². The largest absolute Gasteiger partial charge is 0.497 e. The number of carbonyl (C=O) groups is 2. The second-order valence-electron chi connectivity index (χ2n) is 6.74. The zero-order chi connectivity index (χ0) is 18.2. The molecule has 2 rings (SSSR count). The van der Waals surface area contributed by atoms with Gasteiger partial charge in [-0.05, 0) is 44.5 Å². The highest BCUT2D eigenvalue weighted by Gasteiger charge is 2.22. The van der Waals surface area contributed by atoms with Gasteiger partial charge in [0.1, 0.15) is 5.75 Å². The Kier molecular flexibility index (Phi) is 7.25. The summed E-state index contributed by atoms with van der Waals surface area (Å²) < 4.78 is 5.22. The minimum absolute atomic E-state index is 0.186. The van der Waals surface area contributed by atoms with Gasteiger partial charge in [-0.2, -0.15) is 0 Å². The molecule has 0 aliphatic heterocycles. The maximum atomic E-state index is 12.3. The molecule has 0 unspecified atom stereocenters. The van der Waals surface area contributed by atoms with Crippen molar-refractivity contribution in [3.63, 3.8) is 0 Å². The van der Waals surface area contributed by atoms with Crippen molar-refractivity contribution in [1.29, 1.82) is 0 Å². The fourth-order valence-corrected chi connectivity index (χ4v) is 3.08. The first kappa shape index (κ1) is 19.2. The van der Waals surface area contributed by atoms with Gasteiger partial charge in [0.25, 0.3) is 0 Å². The summed E-state index contributed by atoms with van der Waals surface area (Å²) in [6, 6.07) is 7.11. The standard InChI is InChI=1S/C19H29N3O3/c1-14(22(2)13-15-8-7-11-17(12-15)25-3)18(23)21-19(24)20-16-9-5-4-6-10-16/h7-8,11-12,14,16H,4-6,9-10,13H2,1-3H3,(H2,20,21,23,24)/t14-/m1/s1. The Bertz CT molecular complexity index is 585. The summed E-state index contributed by atoms with van der Waals surface area (Å²) in [5.41, 5.74) is 1.05. The highest BCUT2D eigenvalue weighted by molar-refractivity contribution is 5.96. The number of nitrogens with one attached hydrogen (secondary N) is 2. The van der Waals surface area contributed by atoms with Crippen molar-refractivity contribution in [2.45, 2.75) is 57.7 Å². The first-order valence-electron chi connectivity index (χ1n) is 8.94. The van der Waals surface area contributed by atoms with E-state index >= 15 is 0 Å². The van der Waals surface area contributed by atoms with E-state index in [1.165, 1.54) is 6.42 Å². The Balaban J connectivity index is 1.82. The van der Waals surface area contributed by atoms with Gasteiger partial charge in [-0.15, -0.1) is 0 Å². The Morgan fingerprint density at radius 1 is 1.28 bits per heavy atom. The second-order valence-corrected chi connectivity index (χ2v) is 6.74. The van der Waals surface area contributed by atoms with Crippen molar-refractivity contribution in [1.82, 2.24) is 15.5 Å². The molecule has 0 heterocycles. The number of likely N-dealkylation sites (N-methyl/N-ethyl adjacent to an activating group) is 1. The van der Waals surface area contributed by atoms with E-state index in [1.807, 2.05) is 36.2 Å². The fourth-order valence-electron chi connectivity index (χ4n) is 3.08. The Hall–Kier alpha value is -2.08. The number of ether oxygens (including phenoxy) is 1. The van der Waals surface area contributed by atoms with Crippen molar-refractivity contribution < 1.29 is 14.3 Å². The fraction of sp³-hybridized carbons (Fsp3) is 0.579. The number of urea groups is 1. The number of imide groups is 1. The summed E-state index contributed by atoms with van der Waals surface area (Å²) in [4.78, 5) is 26.2. The van der Waals surface area contributed by atoms with Gasteiger partial charge in [-0.25, -0.2) is 4.79 Å². The van der Waals surface area contributed by atoms with Crippen LogP contribution in [0.25, 0.3) is 0 Å². The van der Waals surface area contributed by atoms with Crippen LogP contribution in [0.3, 0.4) is 0 Å². The van der Waals surface area contributed by atoms with Crippen molar-refractivity contribution in [2.75, 3.05) is 14.2 Å². The normalized spacial score (nSPS) is 16.3. The summed E-state index contributed by atoms with van der Waals surface area (Å²) in [7, 11) is 3.49. The monoisotopic (exact) mass is 347 g/mol. The van der Waals surface area contributed by atoms with E-state index in [1.54, 1.807) is 14.0 Å². The molecule has 1 saturated carbocycles. The summed E-state index contributed by atoms with van der Waals surface area (Å²) in [5.74, 6) is 0.494. The molecule has 0 spiro atoms. The molecule has 1 aliphatic rings. The first-order valence-corrected chi connectivity index (χ1v) is 8.94. The summed E-state index contributed by atoms with van der Waals surface area (Å²) >= 11 is 0. The highest BCUT2D eigenvalue weighted by atomic mass is 16.5. The molecule has 6 heteroatoms. The van der Waals surface area contributed by atoms with Crippen LogP contribution >= 0.6 is 0 Å². The number of hydrogen-bond acceptors (Lipinski definition) is 4. The van der Waals surface area contributed by atoms with Gasteiger partial charge in [0.05, 0.1) is 13.2 Å². The summed E-state index contributed by atoms with van der Waals surface area (Å²) in [6.45, 7) is 2.39. The van der Waals surface area contributed by atoms with E-state index in [0.29, 0.717) is 6.54 Å². The van der Waals surface area contributed by atoms with Crippen LogP contribution in [0.1, 0.15) is 44.6 Å². The van der Waals surface area contributed by atoms with Crippen LogP contribution in [-0.4, -0.2) is 43.1 Å². The molecule has 138 valence electrons. The van der Waals surface area contributed by atoms with Gasteiger partial charge < -0.3 is 10.1 Å². The van der Waals surface area contributed by atoms with Crippen LogP contribution in [0, 0.1) is 0 Å². The van der Waals surface area contributed by atoms with Crippen LogP contribution in [-0.2, 0) is 11.3 Å². The number of methoxy groups -OCH3 is 1. The summed E-state index contributed by atoms with van der Waals surface area (Å²) in [5, 5.41) is 5.36. The molecule has 2 N–H and O–H groups in total. The number of hydrogen-bond donors (Lipinski definition) is 2. The molecule has 1 atom stereocenters. The second kappa shape index (κ2) is 9.42. The molecule has 1 aliphatic carbocycles. The quantitative estimate of drug-likeness (QED) is 0.830. The number of amides is 3. The Morgan fingerprint density at radius 3 is 2.68 bits per heavy atom. The van der Waals surface area contributed by atoms with Crippen molar-refractivity contribution in [3.05, 3.63) is 29.8 Å². The van der Waals surface area contributed by atoms with Gasteiger partial charge >= 0.3 is 6.03 Å². The minimum atomic E-state index is -0.414.